The molecule has 0 spiro atoms. The summed E-state index contributed by atoms with van der Waals surface area (Å²) in [6.45, 7) is 0.248. The van der Waals surface area contributed by atoms with Crippen LogP contribution in [0.15, 0.2) is 42.5 Å². The summed E-state index contributed by atoms with van der Waals surface area (Å²) in [5, 5.41) is 2.42. The summed E-state index contributed by atoms with van der Waals surface area (Å²) >= 11 is 0. The molecule has 0 saturated heterocycles. The van der Waals surface area contributed by atoms with Gasteiger partial charge < -0.3 is 5.32 Å². The summed E-state index contributed by atoms with van der Waals surface area (Å²) in [5.74, 6) is -3.12. The molecule has 0 atom stereocenters. The van der Waals surface area contributed by atoms with Gasteiger partial charge in [0.05, 0.1) is 11.4 Å². The average molecular weight is 366 g/mol. The lowest BCUT2D eigenvalue weighted by atomic mass is 10.2. The largest absolute Gasteiger partial charge is 0.351 e. The van der Waals surface area contributed by atoms with Crippen molar-refractivity contribution in [2.75, 3.05) is 23.1 Å². The zero-order chi connectivity index (χ0) is 18.0. The second-order valence-electron chi connectivity index (χ2n) is 5.65. The molecule has 2 aromatic carbocycles. The molecule has 1 N–H and O–H groups in total. The molecule has 1 heterocycles. The van der Waals surface area contributed by atoms with Crippen LogP contribution in [0.5, 0.6) is 0 Å². The van der Waals surface area contributed by atoms with E-state index in [2.05, 4.69) is 5.32 Å². The fourth-order valence-corrected chi connectivity index (χ4v) is 4.17. The number of nitrogens with one attached hydrogen (secondary N) is 1. The minimum absolute atomic E-state index is 0.0668. The van der Waals surface area contributed by atoms with Crippen LogP contribution >= 0.6 is 0 Å². The molecule has 1 amide bonds. The number of para-hydroxylation sites is 1. The first kappa shape index (κ1) is 17.3. The summed E-state index contributed by atoms with van der Waals surface area (Å²) < 4.78 is 52.3. The molecule has 0 saturated carbocycles. The number of benzene rings is 2. The third-order valence-electron chi connectivity index (χ3n) is 4.01. The van der Waals surface area contributed by atoms with Crippen LogP contribution in [0.1, 0.15) is 15.9 Å². The minimum Gasteiger partial charge on any atom is -0.351 e. The number of amides is 1. The first-order valence-corrected chi connectivity index (χ1v) is 9.31. The lowest BCUT2D eigenvalue weighted by Gasteiger charge is -2.19. The van der Waals surface area contributed by atoms with Crippen LogP contribution in [0.25, 0.3) is 0 Å². The third kappa shape index (κ3) is 3.63. The lowest BCUT2D eigenvalue weighted by Crippen LogP contribution is -2.37. The Balaban J connectivity index is 1.61. The van der Waals surface area contributed by atoms with Crippen LogP contribution in [-0.2, 0) is 16.4 Å². The molecule has 8 heteroatoms. The molecule has 5 nitrogen and oxygen atoms in total. The van der Waals surface area contributed by atoms with Crippen LogP contribution in [-0.4, -0.2) is 33.2 Å². The van der Waals surface area contributed by atoms with Crippen molar-refractivity contribution in [1.29, 1.82) is 0 Å². The molecule has 25 heavy (non-hydrogen) atoms. The Morgan fingerprint density at radius 3 is 2.64 bits per heavy atom. The normalized spacial score (nSPS) is 13.6. The number of nitrogens with zero attached hydrogens (tertiary/aromatic N) is 1. The monoisotopic (exact) mass is 366 g/mol. The Morgan fingerprint density at radius 1 is 1.12 bits per heavy atom. The molecule has 0 fully saturated rings. The summed E-state index contributed by atoms with van der Waals surface area (Å²) in [4.78, 5) is 11.9. The van der Waals surface area contributed by atoms with Crippen LogP contribution in [0, 0.1) is 11.6 Å². The fourth-order valence-electron chi connectivity index (χ4n) is 2.74. The number of hydrogen-bond donors (Lipinski definition) is 1. The van der Waals surface area contributed by atoms with E-state index in [0.717, 1.165) is 23.8 Å². The van der Waals surface area contributed by atoms with Crippen molar-refractivity contribution < 1.29 is 22.0 Å². The maximum Gasteiger partial charge on any atom is 0.251 e. The maximum atomic E-state index is 13.1. The molecule has 0 radical (unpaired) electrons. The standard InChI is InChI=1S/C17H16F2N2O3S/c18-14-6-5-13(11-15(14)19)17(22)20-8-10-25(23,24)21-9-7-12-3-1-2-4-16(12)21/h1-6,11H,7-10H2,(H,20,22). The lowest BCUT2D eigenvalue weighted by molar-refractivity contribution is 0.0955. The number of hydrogen-bond acceptors (Lipinski definition) is 3. The molecule has 1 aliphatic heterocycles. The highest BCUT2D eigenvalue weighted by Gasteiger charge is 2.28. The second-order valence-corrected chi connectivity index (χ2v) is 7.66. The molecule has 3 rings (SSSR count). The summed E-state index contributed by atoms with van der Waals surface area (Å²) in [5.41, 5.74) is 1.56. The Morgan fingerprint density at radius 2 is 1.88 bits per heavy atom. The van der Waals surface area contributed by atoms with Crippen molar-refractivity contribution in [3.8, 4) is 0 Å². The smallest absolute Gasteiger partial charge is 0.251 e. The van der Waals surface area contributed by atoms with Gasteiger partial charge in [0.1, 0.15) is 0 Å². The Labute approximate surface area is 144 Å². The number of sulfonamides is 1. The Hall–Kier alpha value is -2.48. The van der Waals surface area contributed by atoms with E-state index < -0.39 is 27.6 Å². The Bertz CT molecular complexity index is 916. The van der Waals surface area contributed by atoms with E-state index in [0.29, 0.717) is 18.7 Å². The number of fused-ring (bicyclic) bond motifs is 1. The molecule has 2 aromatic rings. The molecule has 0 unspecified atom stereocenters. The molecule has 0 aliphatic carbocycles. The highest BCUT2D eigenvalue weighted by atomic mass is 32.2. The summed E-state index contributed by atoms with van der Waals surface area (Å²) in [6.07, 6.45) is 0.649. The molecule has 132 valence electrons. The van der Waals surface area contributed by atoms with Crippen LogP contribution in [0.3, 0.4) is 0 Å². The average Bonchev–Trinajstić information content (AvgIpc) is 3.02. The van der Waals surface area contributed by atoms with Crippen LogP contribution in [0.2, 0.25) is 0 Å². The molecule has 1 aliphatic rings. The SMILES string of the molecule is O=C(NCCS(=O)(=O)N1CCc2ccccc21)c1ccc(F)c(F)c1. The van der Waals surface area contributed by atoms with Gasteiger partial charge in [-0.25, -0.2) is 17.2 Å². The van der Waals surface area contributed by atoms with Gasteiger partial charge in [0.2, 0.25) is 10.0 Å². The molecular weight excluding hydrogens is 350 g/mol. The van der Waals surface area contributed by atoms with E-state index >= 15 is 0 Å². The third-order valence-corrected chi connectivity index (χ3v) is 5.78. The van der Waals surface area contributed by atoms with Crippen molar-refractivity contribution in [3.63, 3.8) is 0 Å². The summed E-state index contributed by atoms with van der Waals surface area (Å²) in [7, 11) is -3.58. The van der Waals surface area contributed by atoms with E-state index in [9.17, 15) is 22.0 Å². The van der Waals surface area contributed by atoms with E-state index in [-0.39, 0.29) is 17.9 Å². The van der Waals surface area contributed by atoms with E-state index in [1.54, 1.807) is 12.1 Å². The quantitative estimate of drug-likeness (QED) is 0.881. The maximum absolute atomic E-state index is 13.1. The van der Waals surface area contributed by atoms with E-state index in [1.165, 1.54) is 4.31 Å². The fraction of sp³-hybridized carbons (Fsp3) is 0.235. The predicted molar refractivity (Wildman–Crippen MR) is 90.0 cm³/mol. The van der Waals surface area contributed by atoms with Gasteiger partial charge in [0, 0.05) is 18.7 Å². The number of carbonyl (C=O) groups is 1. The van der Waals surface area contributed by atoms with Crippen molar-refractivity contribution in [2.45, 2.75) is 6.42 Å². The highest BCUT2D eigenvalue weighted by Crippen LogP contribution is 2.29. The molecular formula is C17H16F2N2O3S. The summed E-state index contributed by atoms with van der Waals surface area (Å²) in [6, 6.07) is 10.0. The van der Waals surface area contributed by atoms with Gasteiger partial charge in [0.15, 0.2) is 11.6 Å². The van der Waals surface area contributed by atoms with Crippen LogP contribution < -0.4 is 9.62 Å². The van der Waals surface area contributed by atoms with Gasteiger partial charge in [-0.3, -0.25) is 9.10 Å². The highest BCUT2D eigenvalue weighted by molar-refractivity contribution is 7.92. The first-order chi connectivity index (χ1) is 11.9. The van der Waals surface area contributed by atoms with Gasteiger partial charge in [-0.05, 0) is 36.2 Å². The van der Waals surface area contributed by atoms with E-state index in [1.807, 2.05) is 12.1 Å². The van der Waals surface area contributed by atoms with Crippen molar-refractivity contribution in [2.24, 2.45) is 0 Å². The Kier molecular flexibility index (Phi) is 4.71. The van der Waals surface area contributed by atoms with Gasteiger partial charge in [-0.15, -0.1) is 0 Å². The number of carbonyl (C=O) groups excluding carboxylic acids is 1. The van der Waals surface area contributed by atoms with Gasteiger partial charge >= 0.3 is 0 Å². The van der Waals surface area contributed by atoms with Gasteiger partial charge in [-0.2, -0.15) is 0 Å². The zero-order valence-corrected chi connectivity index (χ0v) is 14.0. The van der Waals surface area contributed by atoms with Gasteiger partial charge in [0.25, 0.3) is 5.91 Å². The number of anilines is 1. The van der Waals surface area contributed by atoms with Crippen molar-refractivity contribution in [1.82, 2.24) is 5.32 Å². The van der Waals surface area contributed by atoms with Gasteiger partial charge in [-0.1, -0.05) is 18.2 Å². The molecule has 0 bridgehead atoms. The number of rotatable bonds is 5. The second kappa shape index (κ2) is 6.79. The van der Waals surface area contributed by atoms with Crippen molar-refractivity contribution >= 4 is 21.6 Å². The zero-order valence-electron chi connectivity index (χ0n) is 13.2. The first-order valence-electron chi connectivity index (χ1n) is 7.70. The minimum atomic E-state index is -3.58. The predicted octanol–water partition coefficient (Wildman–Crippen LogP) is 2.09. The molecule has 0 aromatic heterocycles. The van der Waals surface area contributed by atoms with Crippen molar-refractivity contribution in [3.05, 3.63) is 65.2 Å². The topological polar surface area (TPSA) is 66.5 Å². The number of halogens is 2. The van der Waals surface area contributed by atoms with E-state index in [4.69, 9.17) is 0 Å². The van der Waals surface area contributed by atoms with Crippen LogP contribution in [0.4, 0.5) is 14.5 Å².